The Morgan fingerprint density at radius 1 is 1.17 bits per heavy atom. The average Bonchev–Trinajstić information content (AvgIpc) is 2.43. The summed E-state index contributed by atoms with van der Waals surface area (Å²) in [6, 6.07) is 2.27. The lowest BCUT2D eigenvalue weighted by atomic mass is 9.89. The number of nitrogens with zero attached hydrogens (tertiary/aromatic N) is 3. The van der Waals surface area contributed by atoms with Crippen molar-refractivity contribution in [1.82, 2.24) is 15.1 Å². The highest BCUT2D eigenvalue weighted by molar-refractivity contribution is 5.75. The van der Waals surface area contributed by atoms with Crippen molar-refractivity contribution in [3.05, 3.63) is 0 Å². The first kappa shape index (κ1) is 13.2. The molecule has 0 bridgehead atoms. The minimum atomic E-state index is -0.652. The Morgan fingerprint density at radius 2 is 1.78 bits per heavy atom. The van der Waals surface area contributed by atoms with Crippen molar-refractivity contribution >= 4 is 6.03 Å². The van der Waals surface area contributed by atoms with Crippen LogP contribution in [0, 0.1) is 11.3 Å². The first-order valence-electron chi connectivity index (χ1n) is 6.82. The van der Waals surface area contributed by atoms with Crippen LogP contribution >= 0.6 is 0 Å². The second-order valence-electron chi connectivity index (χ2n) is 5.48. The number of urea groups is 1. The molecule has 2 amide bonds. The quantitative estimate of drug-likeness (QED) is 0.760. The summed E-state index contributed by atoms with van der Waals surface area (Å²) in [5.41, 5.74) is -0.652. The molecule has 0 atom stereocenters. The molecule has 2 heterocycles. The summed E-state index contributed by atoms with van der Waals surface area (Å²) in [6.07, 6.45) is 4.81. The second-order valence-corrected chi connectivity index (χ2v) is 5.48. The van der Waals surface area contributed by atoms with Gasteiger partial charge in [-0.1, -0.05) is 0 Å². The number of nitrogens with one attached hydrogen (secondary N) is 1. The highest BCUT2D eigenvalue weighted by Gasteiger charge is 2.36. The largest absolute Gasteiger partial charge is 0.325 e. The van der Waals surface area contributed by atoms with E-state index in [9.17, 15) is 10.1 Å². The third kappa shape index (κ3) is 2.94. The summed E-state index contributed by atoms with van der Waals surface area (Å²) >= 11 is 0. The molecule has 2 saturated heterocycles. The fraction of sp³-hybridized carbons (Fsp3) is 0.846. The van der Waals surface area contributed by atoms with Crippen LogP contribution in [0.25, 0.3) is 0 Å². The van der Waals surface area contributed by atoms with Gasteiger partial charge in [-0.05, 0) is 39.2 Å². The lowest BCUT2D eigenvalue weighted by molar-refractivity contribution is 0.157. The van der Waals surface area contributed by atoms with E-state index in [0.717, 1.165) is 51.9 Å². The van der Waals surface area contributed by atoms with Crippen LogP contribution in [-0.4, -0.2) is 54.6 Å². The van der Waals surface area contributed by atoms with Gasteiger partial charge in [-0.2, -0.15) is 5.26 Å². The Hall–Kier alpha value is -1.28. The molecule has 0 aromatic carbocycles. The van der Waals surface area contributed by atoms with Gasteiger partial charge in [0.05, 0.1) is 6.07 Å². The summed E-state index contributed by atoms with van der Waals surface area (Å²) in [7, 11) is 2.05. The number of carbonyl (C=O) groups is 1. The minimum absolute atomic E-state index is 0.0548. The molecule has 0 aliphatic carbocycles. The Labute approximate surface area is 109 Å². The molecule has 0 aromatic rings. The van der Waals surface area contributed by atoms with E-state index in [1.54, 1.807) is 0 Å². The number of carbonyl (C=O) groups excluding carboxylic acids is 1. The summed E-state index contributed by atoms with van der Waals surface area (Å²) in [6.45, 7) is 3.39. The monoisotopic (exact) mass is 250 g/mol. The van der Waals surface area contributed by atoms with Gasteiger partial charge in [0, 0.05) is 26.2 Å². The van der Waals surface area contributed by atoms with Crippen LogP contribution in [-0.2, 0) is 0 Å². The zero-order chi connectivity index (χ0) is 13.0. The van der Waals surface area contributed by atoms with Gasteiger partial charge in [0.2, 0.25) is 0 Å². The topological polar surface area (TPSA) is 59.4 Å². The van der Waals surface area contributed by atoms with Gasteiger partial charge >= 0.3 is 6.03 Å². The van der Waals surface area contributed by atoms with E-state index in [-0.39, 0.29) is 6.03 Å². The molecule has 1 N–H and O–H groups in total. The Morgan fingerprint density at radius 3 is 2.33 bits per heavy atom. The van der Waals surface area contributed by atoms with Crippen molar-refractivity contribution in [3.63, 3.8) is 0 Å². The molecule has 2 fully saturated rings. The third-order valence-electron chi connectivity index (χ3n) is 4.04. The van der Waals surface area contributed by atoms with Crippen molar-refractivity contribution < 1.29 is 4.79 Å². The molecule has 0 radical (unpaired) electrons. The number of piperidine rings is 2. The van der Waals surface area contributed by atoms with Crippen LogP contribution in [0.3, 0.4) is 0 Å². The normalized spacial score (nSPS) is 24.3. The highest BCUT2D eigenvalue weighted by atomic mass is 16.2. The van der Waals surface area contributed by atoms with Gasteiger partial charge < -0.3 is 15.1 Å². The fourth-order valence-corrected chi connectivity index (χ4v) is 2.65. The first-order valence-corrected chi connectivity index (χ1v) is 6.82. The molecule has 0 saturated carbocycles. The predicted octanol–water partition coefficient (Wildman–Crippen LogP) is 1.17. The molecule has 2 aliphatic rings. The number of hydrogen-bond acceptors (Lipinski definition) is 3. The molecule has 5 nitrogen and oxygen atoms in total. The lowest BCUT2D eigenvalue weighted by Crippen LogP contribution is -2.57. The standard InChI is InChI=1S/C13H22N4O/c1-16-9-5-13(11-14,6-10-16)15-12(18)17-7-3-2-4-8-17/h2-10H2,1H3,(H,15,18). The summed E-state index contributed by atoms with van der Waals surface area (Å²) in [4.78, 5) is 16.2. The molecule has 0 unspecified atom stereocenters. The van der Waals surface area contributed by atoms with E-state index in [1.807, 2.05) is 11.9 Å². The first-order chi connectivity index (χ1) is 8.65. The van der Waals surface area contributed by atoms with Crippen molar-refractivity contribution in [2.24, 2.45) is 0 Å². The number of amides is 2. The van der Waals surface area contributed by atoms with Gasteiger partial charge in [0.25, 0.3) is 0 Å². The maximum atomic E-state index is 12.2. The van der Waals surface area contributed by atoms with E-state index in [1.165, 1.54) is 6.42 Å². The second kappa shape index (κ2) is 5.57. The summed E-state index contributed by atoms with van der Waals surface area (Å²) in [5.74, 6) is 0. The zero-order valence-electron chi connectivity index (χ0n) is 11.1. The van der Waals surface area contributed by atoms with E-state index < -0.39 is 5.54 Å². The molecule has 0 spiro atoms. The Bertz CT molecular complexity index is 335. The Kier molecular flexibility index (Phi) is 4.07. The molecule has 100 valence electrons. The summed E-state index contributed by atoms with van der Waals surface area (Å²) in [5, 5.41) is 12.3. The number of nitriles is 1. The predicted molar refractivity (Wildman–Crippen MR) is 69.0 cm³/mol. The average molecular weight is 250 g/mol. The zero-order valence-corrected chi connectivity index (χ0v) is 11.1. The minimum Gasteiger partial charge on any atom is -0.325 e. The molecule has 2 aliphatic heterocycles. The van der Waals surface area contributed by atoms with E-state index in [0.29, 0.717) is 0 Å². The van der Waals surface area contributed by atoms with Crippen LogP contribution in [0.5, 0.6) is 0 Å². The lowest BCUT2D eigenvalue weighted by Gasteiger charge is -2.38. The fourth-order valence-electron chi connectivity index (χ4n) is 2.65. The van der Waals surface area contributed by atoms with Crippen LogP contribution in [0.2, 0.25) is 0 Å². The van der Waals surface area contributed by atoms with Crippen molar-refractivity contribution in [1.29, 1.82) is 5.26 Å². The molecule has 5 heteroatoms. The van der Waals surface area contributed by atoms with Crippen LogP contribution in [0.15, 0.2) is 0 Å². The summed E-state index contributed by atoms with van der Waals surface area (Å²) < 4.78 is 0. The SMILES string of the molecule is CN1CCC(C#N)(NC(=O)N2CCCCC2)CC1. The smallest absolute Gasteiger partial charge is 0.318 e. The number of rotatable bonds is 1. The van der Waals surface area contributed by atoms with Gasteiger partial charge in [-0.25, -0.2) is 4.79 Å². The van der Waals surface area contributed by atoms with Crippen LogP contribution in [0.1, 0.15) is 32.1 Å². The maximum absolute atomic E-state index is 12.2. The molecular formula is C13H22N4O. The van der Waals surface area contributed by atoms with Crippen molar-refractivity contribution in [2.45, 2.75) is 37.6 Å². The van der Waals surface area contributed by atoms with Gasteiger partial charge in [0.15, 0.2) is 0 Å². The van der Waals surface area contributed by atoms with Gasteiger partial charge in [-0.15, -0.1) is 0 Å². The van der Waals surface area contributed by atoms with Crippen LogP contribution in [0.4, 0.5) is 4.79 Å². The van der Waals surface area contributed by atoms with E-state index in [4.69, 9.17) is 0 Å². The molecule has 0 aromatic heterocycles. The van der Waals surface area contributed by atoms with Crippen molar-refractivity contribution in [2.75, 3.05) is 33.2 Å². The number of hydrogen-bond donors (Lipinski definition) is 1. The van der Waals surface area contributed by atoms with Crippen LogP contribution < -0.4 is 5.32 Å². The van der Waals surface area contributed by atoms with E-state index in [2.05, 4.69) is 16.3 Å². The molecule has 2 rings (SSSR count). The third-order valence-corrected chi connectivity index (χ3v) is 4.04. The number of likely N-dealkylation sites (tertiary alicyclic amines) is 2. The highest BCUT2D eigenvalue weighted by Crippen LogP contribution is 2.21. The van der Waals surface area contributed by atoms with Gasteiger partial charge in [0.1, 0.15) is 5.54 Å². The Balaban J connectivity index is 1.93. The van der Waals surface area contributed by atoms with Crippen molar-refractivity contribution in [3.8, 4) is 6.07 Å². The van der Waals surface area contributed by atoms with E-state index >= 15 is 0 Å². The van der Waals surface area contributed by atoms with Gasteiger partial charge in [-0.3, -0.25) is 0 Å². The molecule has 18 heavy (non-hydrogen) atoms. The maximum Gasteiger partial charge on any atom is 0.318 e. The molecular weight excluding hydrogens is 228 g/mol.